The average molecular weight is 305 g/mol. The molecule has 0 fully saturated rings. The van der Waals surface area contributed by atoms with Gasteiger partial charge in [-0.25, -0.2) is 4.39 Å². The maximum atomic E-state index is 13.4. The van der Waals surface area contributed by atoms with E-state index in [1.165, 1.54) is 12.1 Å². The van der Waals surface area contributed by atoms with Crippen LogP contribution in [0.4, 0.5) is 10.1 Å². The highest BCUT2D eigenvalue weighted by molar-refractivity contribution is 6.30. The smallest absolute Gasteiger partial charge is 0.134 e. The summed E-state index contributed by atoms with van der Waals surface area (Å²) in [6.07, 6.45) is 1.68. The number of hydrogen-bond acceptors (Lipinski definition) is 3. The van der Waals surface area contributed by atoms with E-state index < -0.39 is 5.82 Å². The molecule has 0 saturated carbocycles. The van der Waals surface area contributed by atoms with Gasteiger partial charge in [0.1, 0.15) is 11.4 Å². The molecule has 0 spiro atoms. The lowest BCUT2D eigenvalue weighted by Crippen LogP contribution is -2.20. The fourth-order valence-electron chi connectivity index (χ4n) is 2.37. The molecule has 108 valence electrons. The highest BCUT2D eigenvalue weighted by atomic mass is 35.5. The van der Waals surface area contributed by atoms with Crippen LogP contribution in [0.5, 0.6) is 0 Å². The third kappa shape index (κ3) is 2.86. The van der Waals surface area contributed by atoms with Crippen molar-refractivity contribution >= 4 is 28.3 Å². The maximum Gasteiger partial charge on any atom is 0.134 e. The number of nitrogens with one attached hydrogen (secondary N) is 1. The summed E-state index contributed by atoms with van der Waals surface area (Å²) in [6, 6.07) is 11.8. The zero-order chi connectivity index (χ0) is 14.8. The minimum absolute atomic E-state index is 0.188. The Morgan fingerprint density at radius 1 is 1.24 bits per heavy atom. The van der Waals surface area contributed by atoms with E-state index >= 15 is 0 Å². The molecule has 1 heterocycles. The van der Waals surface area contributed by atoms with Crippen molar-refractivity contribution in [3.8, 4) is 0 Å². The predicted molar refractivity (Wildman–Crippen MR) is 83.0 cm³/mol. The molecule has 5 heteroatoms. The van der Waals surface area contributed by atoms with Gasteiger partial charge in [0.25, 0.3) is 0 Å². The van der Waals surface area contributed by atoms with Crippen molar-refractivity contribution in [2.75, 3.05) is 11.9 Å². The van der Waals surface area contributed by atoms with Gasteiger partial charge in [-0.1, -0.05) is 29.8 Å². The molecule has 3 nitrogen and oxygen atoms in total. The summed E-state index contributed by atoms with van der Waals surface area (Å²) in [4.78, 5) is 0. The lowest BCUT2D eigenvalue weighted by molar-refractivity contribution is 0.604. The van der Waals surface area contributed by atoms with Crippen LogP contribution in [-0.4, -0.2) is 6.54 Å². The van der Waals surface area contributed by atoms with E-state index in [1.54, 1.807) is 12.3 Å². The number of fused-ring (bicyclic) bond motifs is 1. The molecule has 2 aromatic carbocycles. The van der Waals surface area contributed by atoms with Crippen LogP contribution in [0, 0.1) is 5.82 Å². The molecule has 0 aliphatic heterocycles. The summed E-state index contributed by atoms with van der Waals surface area (Å²) in [5.74, 6) is -0.391. The van der Waals surface area contributed by atoms with Crippen LogP contribution in [0.3, 0.4) is 0 Å². The molecular weight excluding hydrogens is 291 g/mol. The zero-order valence-corrected chi connectivity index (χ0v) is 11.9. The lowest BCUT2D eigenvalue weighted by Gasteiger charge is -2.17. The molecule has 1 unspecified atom stereocenters. The number of furan rings is 1. The van der Waals surface area contributed by atoms with Crippen LogP contribution >= 0.6 is 11.6 Å². The minimum atomic E-state index is -0.391. The fourth-order valence-corrected chi connectivity index (χ4v) is 2.59. The Labute approximate surface area is 126 Å². The molecule has 1 aromatic heterocycles. The summed E-state index contributed by atoms with van der Waals surface area (Å²) in [7, 11) is 0. The number of nitrogens with two attached hydrogens (primary N) is 1. The van der Waals surface area contributed by atoms with E-state index in [2.05, 4.69) is 5.32 Å². The number of para-hydroxylation sites is 1. The van der Waals surface area contributed by atoms with Gasteiger partial charge in [0.15, 0.2) is 0 Å². The van der Waals surface area contributed by atoms with E-state index in [4.69, 9.17) is 21.8 Å². The number of anilines is 1. The number of rotatable bonds is 4. The second kappa shape index (κ2) is 5.76. The molecule has 3 N–H and O–H groups in total. The van der Waals surface area contributed by atoms with Crippen molar-refractivity contribution in [2.45, 2.75) is 6.04 Å². The van der Waals surface area contributed by atoms with Gasteiger partial charge in [-0.3, -0.25) is 0 Å². The Morgan fingerprint density at radius 3 is 2.81 bits per heavy atom. The van der Waals surface area contributed by atoms with Crippen molar-refractivity contribution in [1.29, 1.82) is 0 Å². The summed E-state index contributed by atoms with van der Waals surface area (Å²) in [5.41, 5.74) is 8.17. The van der Waals surface area contributed by atoms with Crippen LogP contribution in [0.15, 0.2) is 53.1 Å². The van der Waals surface area contributed by atoms with Gasteiger partial charge in [-0.2, -0.15) is 0 Å². The molecule has 21 heavy (non-hydrogen) atoms. The van der Waals surface area contributed by atoms with Crippen LogP contribution in [0.1, 0.15) is 11.6 Å². The van der Waals surface area contributed by atoms with Gasteiger partial charge in [0, 0.05) is 28.2 Å². The summed E-state index contributed by atoms with van der Waals surface area (Å²) >= 11 is 5.87. The molecular formula is C16H14ClFN2O. The maximum absolute atomic E-state index is 13.4. The number of benzene rings is 2. The van der Waals surface area contributed by atoms with E-state index in [1.807, 2.05) is 24.3 Å². The van der Waals surface area contributed by atoms with Crippen LogP contribution in [-0.2, 0) is 0 Å². The highest BCUT2D eigenvalue weighted by Gasteiger charge is 2.16. The average Bonchev–Trinajstić information content (AvgIpc) is 2.87. The van der Waals surface area contributed by atoms with Crippen LogP contribution in [0.2, 0.25) is 5.02 Å². The third-order valence-corrected chi connectivity index (χ3v) is 3.54. The van der Waals surface area contributed by atoms with Crippen molar-refractivity contribution in [1.82, 2.24) is 0 Å². The van der Waals surface area contributed by atoms with E-state index in [-0.39, 0.29) is 6.04 Å². The molecule has 0 saturated heterocycles. The van der Waals surface area contributed by atoms with Gasteiger partial charge < -0.3 is 15.5 Å². The first-order valence-corrected chi connectivity index (χ1v) is 6.94. The topological polar surface area (TPSA) is 51.2 Å². The van der Waals surface area contributed by atoms with Crippen molar-refractivity contribution in [3.63, 3.8) is 0 Å². The molecule has 3 aromatic rings. The van der Waals surface area contributed by atoms with Crippen molar-refractivity contribution in [3.05, 3.63) is 65.1 Å². The van der Waals surface area contributed by atoms with E-state index in [9.17, 15) is 4.39 Å². The Hall–Kier alpha value is -2.04. The second-order valence-corrected chi connectivity index (χ2v) is 5.21. The highest BCUT2D eigenvalue weighted by Crippen LogP contribution is 2.29. The normalized spacial score (nSPS) is 12.5. The monoisotopic (exact) mass is 304 g/mol. The first-order valence-electron chi connectivity index (χ1n) is 6.56. The lowest BCUT2D eigenvalue weighted by atomic mass is 10.1. The van der Waals surface area contributed by atoms with Crippen molar-refractivity contribution < 1.29 is 8.81 Å². The summed E-state index contributed by atoms with van der Waals surface area (Å²) in [5, 5.41) is 4.52. The molecule has 0 radical (unpaired) electrons. The van der Waals surface area contributed by atoms with Gasteiger partial charge in [-0.05, 0) is 24.3 Å². The molecule has 0 bridgehead atoms. The van der Waals surface area contributed by atoms with Crippen molar-refractivity contribution in [2.24, 2.45) is 5.73 Å². The molecule has 1 atom stereocenters. The Bertz CT molecular complexity index is 752. The Balaban J connectivity index is 1.95. The van der Waals surface area contributed by atoms with E-state index in [0.29, 0.717) is 17.3 Å². The zero-order valence-electron chi connectivity index (χ0n) is 11.1. The van der Waals surface area contributed by atoms with Crippen LogP contribution in [0.25, 0.3) is 11.0 Å². The molecule has 0 aliphatic carbocycles. The van der Waals surface area contributed by atoms with Gasteiger partial charge in [0.2, 0.25) is 0 Å². The quantitative estimate of drug-likeness (QED) is 0.754. The standard InChI is InChI=1S/C16H14ClFN2O/c17-10-5-11(18)7-12(6-10)20-15(8-19)14-9-21-16-4-2-1-3-13(14)16/h1-7,9,15,20H,8,19H2. The molecule has 3 rings (SSSR count). The second-order valence-electron chi connectivity index (χ2n) is 4.78. The van der Waals surface area contributed by atoms with Gasteiger partial charge in [-0.15, -0.1) is 0 Å². The summed E-state index contributed by atoms with van der Waals surface area (Å²) < 4.78 is 18.9. The first-order chi connectivity index (χ1) is 10.2. The third-order valence-electron chi connectivity index (χ3n) is 3.33. The predicted octanol–water partition coefficient (Wildman–Crippen LogP) is 4.34. The molecule has 0 aliphatic rings. The fraction of sp³-hybridized carbons (Fsp3) is 0.125. The number of halogens is 2. The minimum Gasteiger partial charge on any atom is -0.464 e. The SMILES string of the molecule is NCC(Nc1cc(F)cc(Cl)c1)c1coc2ccccc12. The Kier molecular flexibility index (Phi) is 3.82. The Morgan fingerprint density at radius 2 is 2.05 bits per heavy atom. The van der Waals surface area contributed by atoms with Crippen LogP contribution < -0.4 is 11.1 Å². The first kappa shape index (κ1) is 13.9. The largest absolute Gasteiger partial charge is 0.464 e. The summed E-state index contributed by atoms with van der Waals surface area (Å²) in [6.45, 7) is 0.345. The number of hydrogen-bond donors (Lipinski definition) is 2. The molecule has 0 amide bonds. The van der Waals surface area contributed by atoms with E-state index in [0.717, 1.165) is 16.5 Å². The van der Waals surface area contributed by atoms with Gasteiger partial charge in [0.05, 0.1) is 12.3 Å². The van der Waals surface area contributed by atoms with Gasteiger partial charge >= 0.3 is 0 Å².